The Labute approximate surface area is 197 Å². The lowest BCUT2D eigenvalue weighted by Gasteiger charge is -2.33. The van der Waals surface area contributed by atoms with Gasteiger partial charge in [0.15, 0.2) is 0 Å². The predicted molar refractivity (Wildman–Crippen MR) is 140 cm³/mol. The second-order valence-corrected chi connectivity index (χ2v) is 10.1. The van der Waals surface area contributed by atoms with E-state index in [4.69, 9.17) is 0 Å². The Hall–Kier alpha value is -0.660. The van der Waals surface area contributed by atoms with Crippen LogP contribution in [0.1, 0.15) is 156 Å². The molecule has 0 bridgehead atoms. The molecule has 0 aliphatic carbocycles. The molecule has 0 aromatic rings. The van der Waals surface area contributed by atoms with Crippen LogP contribution >= 0.6 is 0 Å². The van der Waals surface area contributed by atoms with Crippen molar-refractivity contribution in [1.82, 2.24) is 9.80 Å². The maximum Gasteiger partial charge on any atom is 0.101 e. The van der Waals surface area contributed by atoms with Crippen molar-refractivity contribution in [2.75, 3.05) is 13.1 Å². The second-order valence-electron chi connectivity index (χ2n) is 10.1. The first kappa shape index (κ1) is 28.4. The van der Waals surface area contributed by atoms with E-state index in [0.29, 0.717) is 6.17 Å². The largest absolute Gasteiger partial charge is 0.356 e. The van der Waals surface area contributed by atoms with E-state index in [1.54, 1.807) is 0 Å². The van der Waals surface area contributed by atoms with Gasteiger partial charge in [0.25, 0.3) is 0 Å². The lowest BCUT2D eigenvalue weighted by atomic mass is 10.1. The number of unbranched alkanes of at least 4 members (excludes halogenated alkanes) is 17. The van der Waals surface area contributed by atoms with Gasteiger partial charge in [0.05, 0.1) is 0 Å². The Morgan fingerprint density at radius 3 is 1.06 bits per heavy atom. The van der Waals surface area contributed by atoms with Crippen LogP contribution in [0.25, 0.3) is 0 Å². The van der Waals surface area contributed by atoms with Crippen LogP contribution in [0.4, 0.5) is 0 Å². The van der Waals surface area contributed by atoms with Crippen molar-refractivity contribution in [3.05, 3.63) is 12.4 Å². The van der Waals surface area contributed by atoms with Crippen molar-refractivity contribution >= 4 is 0 Å². The first-order valence-corrected chi connectivity index (χ1v) is 14.5. The van der Waals surface area contributed by atoms with Gasteiger partial charge >= 0.3 is 0 Å². The van der Waals surface area contributed by atoms with Crippen LogP contribution in [0.3, 0.4) is 0 Å². The molecular weight excluding hydrogens is 376 g/mol. The van der Waals surface area contributed by atoms with Crippen molar-refractivity contribution in [1.29, 1.82) is 0 Å². The van der Waals surface area contributed by atoms with E-state index in [1.165, 1.54) is 148 Å². The monoisotopic (exact) mass is 434 g/mol. The van der Waals surface area contributed by atoms with Crippen molar-refractivity contribution in [3.63, 3.8) is 0 Å². The first-order chi connectivity index (χ1) is 15.3. The molecule has 2 heteroatoms. The summed E-state index contributed by atoms with van der Waals surface area (Å²) in [5, 5.41) is 0. The summed E-state index contributed by atoms with van der Waals surface area (Å²) in [5.41, 5.74) is 0. The Kier molecular flexibility index (Phi) is 19.4. The maximum absolute atomic E-state index is 2.64. The average Bonchev–Trinajstić information content (AvgIpc) is 3.15. The van der Waals surface area contributed by atoms with Gasteiger partial charge in [0.1, 0.15) is 6.17 Å². The molecule has 1 unspecified atom stereocenters. The van der Waals surface area contributed by atoms with Gasteiger partial charge in [-0.1, -0.05) is 136 Å². The molecule has 1 atom stereocenters. The Balaban J connectivity index is 2.05. The third-order valence-corrected chi connectivity index (χ3v) is 7.05. The molecule has 0 saturated heterocycles. The van der Waals surface area contributed by atoms with Gasteiger partial charge in [0, 0.05) is 25.5 Å². The fourth-order valence-electron chi connectivity index (χ4n) is 4.98. The van der Waals surface area contributed by atoms with Crippen LogP contribution in [-0.2, 0) is 0 Å². The summed E-state index contributed by atoms with van der Waals surface area (Å²) >= 11 is 0. The molecule has 0 aromatic heterocycles. The molecule has 0 radical (unpaired) electrons. The molecule has 2 nitrogen and oxygen atoms in total. The van der Waals surface area contributed by atoms with Gasteiger partial charge in [0.2, 0.25) is 0 Å². The molecule has 0 saturated carbocycles. The number of rotatable bonds is 23. The quantitative estimate of drug-likeness (QED) is 0.148. The highest BCUT2D eigenvalue weighted by Gasteiger charge is 2.24. The molecule has 1 aliphatic rings. The molecular formula is C29H58N2. The van der Waals surface area contributed by atoms with Gasteiger partial charge in [-0.3, -0.25) is 0 Å². The van der Waals surface area contributed by atoms with Crippen LogP contribution in [0.5, 0.6) is 0 Å². The van der Waals surface area contributed by atoms with Crippen LogP contribution in [-0.4, -0.2) is 29.1 Å². The predicted octanol–water partition coefficient (Wildman–Crippen LogP) is 9.65. The molecule has 1 heterocycles. The third kappa shape index (κ3) is 14.9. The Morgan fingerprint density at radius 1 is 0.419 bits per heavy atom. The fraction of sp³-hybridized carbons (Fsp3) is 0.931. The summed E-state index contributed by atoms with van der Waals surface area (Å²) < 4.78 is 0. The van der Waals surface area contributed by atoms with E-state index >= 15 is 0 Å². The molecule has 0 spiro atoms. The highest BCUT2D eigenvalue weighted by Crippen LogP contribution is 2.22. The van der Waals surface area contributed by atoms with Crippen LogP contribution in [0.2, 0.25) is 0 Å². The zero-order valence-electron chi connectivity index (χ0n) is 21.9. The molecule has 0 N–H and O–H groups in total. The average molecular weight is 435 g/mol. The van der Waals surface area contributed by atoms with Gasteiger partial charge in [-0.2, -0.15) is 0 Å². The molecule has 0 aromatic carbocycles. The topological polar surface area (TPSA) is 6.48 Å². The summed E-state index contributed by atoms with van der Waals surface area (Å²) in [7, 11) is 0. The van der Waals surface area contributed by atoms with Crippen LogP contribution in [0.15, 0.2) is 12.4 Å². The van der Waals surface area contributed by atoms with E-state index in [-0.39, 0.29) is 0 Å². The van der Waals surface area contributed by atoms with E-state index < -0.39 is 0 Å². The molecule has 1 rings (SSSR count). The summed E-state index contributed by atoms with van der Waals surface area (Å²) in [6.45, 7) is 9.46. The SMILES string of the molecule is CCCCCCCCCCCCN1C=CN(CCCCCCCCCCC)C1CCC. The summed E-state index contributed by atoms with van der Waals surface area (Å²) in [6, 6.07) is 0. The third-order valence-electron chi connectivity index (χ3n) is 7.05. The van der Waals surface area contributed by atoms with Gasteiger partial charge in [-0.25, -0.2) is 0 Å². The standard InChI is InChI=1S/C29H58N2/c1-4-7-9-11-13-15-17-19-21-23-26-31-28-27-30(29(31)24-6-3)25-22-20-18-16-14-12-10-8-5-2/h27-29H,4-26H2,1-3H3. The zero-order chi connectivity index (χ0) is 22.4. The van der Waals surface area contributed by atoms with Crippen molar-refractivity contribution in [3.8, 4) is 0 Å². The Morgan fingerprint density at radius 2 is 0.742 bits per heavy atom. The van der Waals surface area contributed by atoms with Gasteiger partial charge < -0.3 is 9.80 Å². The minimum atomic E-state index is 0.637. The first-order valence-electron chi connectivity index (χ1n) is 14.5. The molecule has 184 valence electrons. The zero-order valence-corrected chi connectivity index (χ0v) is 21.9. The molecule has 1 aliphatic heterocycles. The molecule has 0 fully saturated rings. The molecule has 31 heavy (non-hydrogen) atoms. The normalized spacial score (nSPS) is 16.0. The number of nitrogens with zero attached hydrogens (tertiary/aromatic N) is 2. The van der Waals surface area contributed by atoms with Crippen molar-refractivity contribution in [2.24, 2.45) is 0 Å². The maximum atomic E-state index is 2.64. The lowest BCUT2D eigenvalue weighted by Crippen LogP contribution is -2.39. The van der Waals surface area contributed by atoms with Gasteiger partial charge in [-0.05, 0) is 19.3 Å². The highest BCUT2D eigenvalue weighted by atomic mass is 15.4. The lowest BCUT2D eigenvalue weighted by molar-refractivity contribution is 0.138. The van der Waals surface area contributed by atoms with E-state index in [1.807, 2.05) is 0 Å². The van der Waals surface area contributed by atoms with Crippen molar-refractivity contribution in [2.45, 2.75) is 162 Å². The highest BCUT2D eigenvalue weighted by molar-refractivity contribution is 4.96. The summed E-state index contributed by atoms with van der Waals surface area (Å²) in [4.78, 5) is 5.28. The minimum absolute atomic E-state index is 0.637. The van der Waals surface area contributed by atoms with Gasteiger partial charge in [-0.15, -0.1) is 0 Å². The van der Waals surface area contributed by atoms with Crippen LogP contribution < -0.4 is 0 Å². The van der Waals surface area contributed by atoms with Crippen molar-refractivity contribution < 1.29 is 0 Å². The van der Waals surface area contributed by atoms with E-state index in [2.05, 4.69) is 43.0 Å². The number of hydrogen-bond donors (Lipinski definition) is 0. The Bertz CT molecular complexity index is 392. The van der Waals surface area contributed by atoms with E-state index in [9.17, 15) is 0 Å². The van der Waals surface area contributed by atoms with E-state index in [0.717, 1.165) is 0 Å². The van der Waals surface area contributed by atoms with Crippen LogP contribution in [0, 0.1) is 0 Å². The minimum Gasteiger partial charge on any atom is -0.356 e. The molecule has 0 amide bonds. The fourth-order valence-corrected chi connectivity index (χ4v) is 4.98. The summed E-state index contributed by atoms with van der Waals surface area (Å²) in [5.74, 6) is 0. The number of hydrogen-bond acceptors (Lipinski definition) is 2. The second kappa shape index (κ2) is 21.2. The smallest absolute Gasteiger partial charge is 0.101 e. The summed E-state index contributed by atoms with van der Waals surface area (Å²) in [6.07, 6.45) is 35.1.